The van der Waals surface area contributed by atoms with E-state index in [1.54, 1.807) is 13.8 Å². The van der Waals surface area contributed by atoms with Gasteiger partial charge in [-0.05, 0) is 5.92 Å². The van der Waals surface area contributed by atoms with Crippen LogP contribution in [0.5, 0.6) is 0 Å². The summed E-state index contributed by atoms with van der Waals surface area (Å²) in [5.41, 5.74) is 0. The Balaban J connectivity index is 5.83. The molecule has 0 aliphatic carbocycles. The third kappa shape index (κ3) is 6.19. The molecule has 7 nitrogen and oxygen atoms in total. The molecule has 0 spiro atoms. The summed E-state index contributed by atoms with van der Waals surface area (Å²) >= 11 is 17.2. The summed E-state index contributed by atoms with van der Waals surface area (Å²) in [6.45, 7) is 2.70. The van der Waals surface area contributed by atoms with Gasteiger partial charge < -0.3 is 19.3 Å². The number of halogens is 3. The lowest BCUT2D eigenvalue weighted by Gasteiger charge is -2.42. The van der Waals surface area contributed by atoms with E-state index in [4.69, 9.17) is 54.1 Å². The van der Waals surface area contributed by atoms with Crippen molar-refractivity contribution in [2.75, 3.05) is 25.0 Å². The van der Waals surface area contributed by atoms with Crippen LogP contribution in [0.4, 0.5) is 0 Å². The summed E-state index contributed by atoms with van der Waals surface area (Å²) in [6.07, 6.45) is 0. The van der Waals surface area contributed by atoms with Crippen molar-refractivity contribution in [2.45, 2.75) is 24.4 Å². The maximum absolute atomic E-state index is 11.5. The third-order valence-corrected chi connectivity index (χ3v) is 5.02. The predicted molar refractivity (Wildman–Crippen MR) is 80.2 cm³/mol. The van der Waals surface area contributed by atoms with Crippen molar-refractivity contribution in [2.24, 2.45) is 5.92 Å². The molecule has 0 radical (unpaired) electrons. The maximum atomic E-state index is 11.5. The number of rotatable bonds is 11. The second-order valence-electron chi connectivity index (χ2n) is 4.13. The SMILES string of the molecule is CC(C)C(Cl)(P=O)C(OCCCl)(OCCCl)OP(=O)(O)O. The quantitative estimate of drug-likeness (QED) is 0.309. The van der Waals surface area contributed by atoms with Gasteiger partial charge in [0.05, 0.1) is 13.2 Å². The lowest BCUT2D eigenvalue weighted by Crippen LogP contribution is -2.56. The smallest absolute Gasteiger partial charge is 0.324 e. The number of alkyl halides is 3. The van der Waals surface area contributed by atoms with Gasteiger partial charge in [-0.25, -0.2) is 9.09 Å². The standard InChI is InChI=1S/C9H17Cl3O7P2/c1-7(2)8(12,20-13)9(17-5-3-10,18-6-4-11)19-21(14,15)16/h7H,3-6H2,1-2H3,(H2,14,15,16). The van der Waals surface area contributed by atoms with E-state index in [1.165, 1.54) is 0 Å². The van der Waals surface area contributed by atoms with Crippen molar-refractivity contribution in [3.05, 3.63) is 0 Å². The van der Waals surface area contributed by atoms with Gasteiger partial charge in [-0.1, -0.05) is 25.4 Å². The summed E-state index contributed by atoms with van der Waals surface area (Å²) < 4.78 is 35.9. The molecule has 12 heteroatoms. The van der Waals surface area contributed by atoms with Crippen LogP contribution in [0, 0.1) is 5.92 Å². The van der Waals surface area contributed by atoms with Crippen LogP contribution in [0.25, 0.3) is 0 Å². The third-order valence-electron chi connectivity index (χ3n) is 2.30. The van der Waals surface area contributed by atoms with Crippen LogP contribution in [-0.4, -0.2) is 45.3 Å². The first kappa shape index (κ1) is 22.0. The van der Waals surface area contributed by atoms with Crippen molar-refractivity contribution in [1.82, 2.24) is 0 Å². The normalized spacial score (nSPS) is 16.4. The zero-order valence-electron chi connectivity index (χ0n) is 11.4. The highest BCUT2D eigenvalue weighted by Crippen LogP contribution is 2.55. The van der Waals surface area contributed by atoms with Crippen LogP contribution in [0.15, 0.2) is 0 Å². The van der Waals surface area contributed by atoms with Gasteiger partial charge in [0.15, 0.2) is 8.46 Å². The van der Waals surface area contributed by atoms with Crippen LogP contribution >= 0.6 is 51.1 Å². The zero-order valence-corrected chi connectivity index (χ0v) is 15.4. The largest absolute Gasteiger partial charge is 0.474 e. The maximum Gasteiger partial charge on any atom is 0.474 e. The van der Waals surface area contributed by atoms with E-state index in [0.717, 1.165) is 0 Å². The lowest BCUT2D eigenvalue weighted by molar-refractivity contribution is -0.355. The van der Waals surface area contributed by atoms with Crippen LogP contribution in [0.3, 0.4) is 0 Å². The molecule has 0 aromatic rings. The van der Waals surface area contributed by atoms with E-state index in [0.29, 0.717) is 0 Å². The molecule has 0 saturated heterocycles. The molecule has 0 fully saturated rings. The zero-order chi connectivity index (χ0) is 16.7. The molecule has 2 N–H and O–H groups in total. The average Bonchev–Trinajstić information content (AvgIpc) is 2.39. The van der Waals surface area contributed by atoms with Crippen LogP contribution in [0.2, 0.25) is 0 Å². The molecule has 0 aliphatic rings. The first-order valence-electron chi connectivity index (χ1n) is 5.78. The van der Waals surface area contributed by atoms with Gasteiger partial charge in [-0.3, -0.25) is 4.57 Å². The van der Waals surface area contributed by atoms with E-state index in [9.17, 15) is 9.13 Å². The second-order valence-corrected chi connectivity index (χ2v) is 7.80. The van der Waals surface area contributed by atoms with Gasteiger partial charge in [0.1, 0.15) is 0 Å². The molecular weight excluding hydrogens is 388 g/mol. The van der Waals surface area contributed by atoms with Gasteiger partial charge in [-0.15, -0.1) is 23.2 Å². The Kier molecular flexibility index (Phi) is 9.78. The summed E-state index contributed by atoms with van der Waals surface area (Å²) in [5.74, 6) is -3.14. The minimum absolute atomic E-state index is 0.0304. The van der Waals surface area contributed by atoms with Crippen LogP contribution in [-0.2, 0) is 23.1 Å². The molecule has 1 unspecified atom stereocenters. The number of ether oxygens (including phenoxy) is 2. The Morgan fingerprint density at radius 3 is 1.86 bits per heavy atom. The van der Waals surface area contributed by atoms with Gasteiger partial charge >= 0.3 is 13.8 Å². The Bertz CT molecular complexity index is 370. The van der Waals surface area contributed by atoms with Crippen molar-refractivity contribution >= 4 is 51.1 Å². The molecule has 0 aromatic carbocycles. The monoisotopic (exact) mass is 404 g/mol. The fraction of sp³-hybridized carbons (Fsp3) is 1.00. The summed E-state index contributed by atoms with van der Waals surface area (Å²) in [6, 6.07) is 0. The summed E-state index contributed by atoms with van der Waals surface area (Å²) in [7, 11) is -5.78. The summed E-state index contributed by atoms with van der Waals surface area (Å²) in [5, 5.41) is 0. The van der Waals surface area contributed by atoms with Crippen molar-refractivity contribution in [1.29, 1.82) is 0 Å². The number of phosphoric ester groups is 1. The van der Waals surface area contributed by atoms with E-state index < -0.39 is 32.8 Å². The highest BCUT2D eigenvalue weighted by atomic mass is 35.5. The first-order valence-corrected chi connectivity index (χ1v) is 9.57. The Morgan fingerprint density at radius 1 is 1.19 bits per heavy atom. The van der Waals surface area contributed by atoms with Crippen molar-refractivity contribution < 1.29 is 32.9 Å². The molecule has 0 rings (SSSR count). The molecule has 21 heavy (non-hydrogen) atoms. The molecule has 1 atom stereocenters. The minimum atomic E-state index is -5.08. The number of hydrogen-bond donors (Lipinski definition) is 2. The molecule has 0 saturated carbocycles. The van der Waals surface area contributed by atoms with Gasteiger partial charge in [0, 0.05) is 11.8 Å². The molecule has 0 aliphatic heterocycles. The van der Waals surface area contributed by atoms with Crippen LogP contribution in [0.1, 0.15) is 13.8 Å². The predicted octanol–water partition coefficient (Wildman–Crippen LogP) is 3.14. The highest BCUT2D eigenvalue weighted by Gasteiger charge is 2.61. The Hall–Kier alpha value is 1.000. The molecule has 0 aromatic heterocycles. The fourth-order valence-corrected chi connectivity index (χ4v) is 2.87. The number of hydrogen-bond acceptors (Lipinski definition) is 5. The molecule has 126 valence electrons. The molecule has 0 heterocycles. The Morgan fingerprint density at radius 2 is 1.62 bits per heavy atom. The number of phosphoric acid groups is 1. The lowest BCUT2D eigenvalue weighted by atomic mass is 10.1. The summed E-state index contributed by atoms with van der Waals surface area (Å²) in [4.78, 5) is 18.2. The minimum Gasteiger partial charge on any atom is -0.324 e. The van der Waals surface area contributed by atoms with Gasteiger partial charge in [0.2, 0.25) is 4.62 Å². The van der Waals surface area contributed by atoms with Gasteiger partial charge in [0.25, 0.3) is 0 Å². The van der Waals surface area contributed by atoms with Crippen molar-refractivity contribution in [3.8, 4) is 0 Å². The van der Waals surface area contributed by atoms with E-state index >= 15 is 0 Å². The topological polar surface area (TPSA) is 102 Å². The second kappa shape index (κ2) is 9.33. The Labute approximate surface area is 139 Å². The molecule has 0 amide bonds. The average molecular weight is 406 g/mol. The fourth-order valence-electron chi connectivity index (χ4n) is 1.38. The first-order chi connectivity index (χ1) is 9.58. The van der Waals surface area contributed by atoms with Crippen molar-refractivity contribution in [3.63, 3.8) is 0 Å². The van der Waals surface area contributed by atoms with Gasteiger partial charge in [-0.2, -0.15) is 0 Å². The van der Waals surface area contributed by atoms with Crippen LogP contribution < -0.4 is 0 Å². The van der Waals surface area contributed by atoms with E-state index in [2.05, 4.69) is 4.52 Å². The van der Waals surface area contributed by atoms with E-state index in [1.807, 2.05) is 0 Å². The highest BCUT2D eigenvalue weighted by molar-refractivity contribution is 7.46. The van der Waals surface area contributed by atoms with E-state index in [-0.39, 0.29) is 25.0 Å². The molecule has 0 bridgehead atoms. The molecular formula is C9H17Cl3O7P2.